The second-order valence-electron chi connectivity index (χ2n) is 4.91. The lowest BCUT2D eigenvalue weighted by molar-refractivity contribution is -0.120. The minimum atomic E-state index is -0.217. The standard InChI is InChI=1S/C14H20ClN3O2/c1-10(18-5-2-7-20-8-6-18)14(19)17-13-4-3-11(16)9-12(13)15/h3-4,9-10H,2,5-8,16H2,1H3,(H,17,19). The summed E-state index contributed by atoms with van der Waals surface area (Å²) in [6.07, 6.45) is 0.945. The largest absolute Gasteiger partial charge is 0.399 e. The molecule has 1 amide bonds. The molecule has 5 nitrogen and oxygen atoms in total. The van der Waals surface area contributed by atoms with Crippen molar-refractivity contribution in [2.45, 2.75) is 19.4 Å². The quantitative estimate of drug-likeness (QED) is 0.837. The molecule has 1 aliphatic heterocycles. The molecule has 2 rings (SSSR count). The number of benzene rings is 1. The molecule has 0 aliphatic carbocycles. The number of anilines is 2. The van der Waals surface area contributed by atoms with E-state index in [9.17, 15) is 4.79 Å². The third-order valence-corrected chi connectivity index (χ3v) is 3.75. The van der Waals surface area contributed by atoms with Gasteiger partial charge in [-0.05, 0) is 31.5 Å². The van der Waals surface area contributed by atoms with Crippen molar-refractivity contribution in [3.05, 3.63) is 23.2 Å². The van der Waals surface area contributed by atoms with Gasteiger partial charge in [-0.1, -0.05) is 11.6 Å². The number of hydrogen-bond donors (Lipinski definition) is 2. The maximum Gasteiger partial charge on any atom is 0.241 e. The van der Waals surface area contributed by atoms with Gasteiger partial charge in [0.1, 0.15) is 0 Å². The third kappa shape index (κ3) is 3.85. The minimum absolute atomic E-state index is 0.0708. The summed E-state index contributed by atoms with van der Waals surface area (Å²) >= 11 is 6.06. The first-order chi connectivity index (χ1) is 9.58. The van der Waals surface area contributed by atoms with Gasteiger partial charge in [0.2, 0.25) is 5.91 Å². The number of hydrogen-bond acceptors (Lipinski definition) is 4. The average Bonchev–Trinajstić information content (AvgIpc) is 2.70. The Morgan fingerprint density at radius 3 is 3.00 bits per heavy atom. The fourth-order valence-electron chi connectivity index (χ4n) is 2.19. The fourth-order valence-corrected chi connectivity index (χ4v) is 2.42. The van der Waals surface area contributed by atoms with Crippen molar-refractivity contribution in [1.82, 2.24) is 4.90 Å². The Hall–Kier alpha value is -1.30. The van der Waals surface area contributed by atoms with Crippen LogP contribution in [0.2, 0.25) is 5.02 Å². The van der Waals surface area contributed by atoms with E-state index in [1.54, 1.807) is 18.2 Å². The van der Waals surface area contributed by atoms with Crippen LogP contribution in [-0.4, -0.2) is 43.2 Å². The smallest absolute Gasteiger partial charge is 0.241 e. The van der Waals surface area contributed by atoms with Crippen LogP contribution in [0.5, 0.6) is 0 Å². The van der Waals surface area contributed by atoms with Crippen LogP contribution in [0.15, 0.2) is 18.2 Å². The normalized spacial score (nSPS) is 18.3. The Balaban J connectivity index is 1.99. The Bertz CT molecular complexity index is 473. The van der Waals surface area contributed by atoms with Crippen LogP contribution in [0.4, 0.5) is 11.4 Å². The van der Waals surface area contributed by atoms with E-state index in [1.165, 1.54) is 0 Å². The molecule has 0 spiro atoms. The Labute approximate surface area is 124 Å². The zero-order valence-corrected chi connectivity index (χ0v) is 12.3. The van der Waals surface area contributed by atoms with Gasteiger partial charge in [0.15, 0.2) is 0 Å². The SMILES string of the molecule is CC(C(=O)Nc1ccc(N)cc1Cl)N1CCCOCC1. The second-order valence-corrected chi connectivity index (χ2v) is 5.31. The highest BCUT2D eigenvalue weighted by atomic mass is 35.5. The van der Waals surface area contributed by atoms with E-state index in [2.05, 4.69) is 10.2 Å². The lowest BCUT2D eigenvalue weighted by atomic mass is 10.2. The predicted molar refractivity (Wildman–Crippen MR) is 81.0 cm³/mol. The van der Waals surface area contributed by atoms with Crippen molar-refractivity contribution in [2.75, 3.05) is 37.4 Å². The molecule has 1 fully saturated rings. The number of nitrogens with two attached hydrogens (primary N) is 1. The molecular weight excluding hydrogens is 278 g/mol. The van der Waals surface area contributed by atoms with Crippen LogP contribution in [-0.2, 0) is 9.53 Å². The summed E-state index contributed by atoms with van der Waals surface area (Å²) in [6.45, 7) is 4.95. The summed E-state index contributed by atoms with van der Waals surface area (Å²) in [7, 11) is 0. The first-order valence-corrected chi connectivity index (χ1v) is 7.13. The predicted octanol–water partition coefficient (Wildman–Crippen LogP) is 1.97. The van der Waals surface area contributed by atoms with Crippen LogP contribution < -0.4 is 11.1 Å². The van der Waals surface area contributed by atoms with Gasteiger partial charge >= 0.3 is 0 Å². The molecule has 1 saturated heterocycles. The molecule has 0 bridgehead atoms. The zero-order valence-electron chi connectivity index (χ0n) is 11.6. The number of amides is 1. The van der Waals surface area contributed by atoms with Gasteiger partial charge in [-0.3, -0.25) is 9.69 Å². The summed E-state index contributed by atoms with van der Waals surface area (Å²) in [5.74, 6) is -0.0708. The molecule has 20 heavy (non-hydrogen) atoms. The molecule has 1 atom stereocenters. The molecule has 1 aliphatic rings. The van der Waals surface area contributed by atoms with E-state index in [0.29, 0.717) is 23.0 Å². The number of nitrogens with one attached hydrogen (secondary N) is 1. The number of nitrogen functional groups attached to an aromatic ring is 1. The maximum atomic E-state index is 12.3. The van der Waals surface area contributed by atoms with E-state index < -0.39 is 0 Å². The molecule has 1 unspecified atom stereocenters. The highest BCUT2D eigenvalue weighted by Gasteiger charge is 2.22. The fraction of sp³-hybridized carbons (Fsp3) is 0.500. The van der Waals surface area contributed by atoms with Gasteiger partial charge in [0, 0.05) is 25.4 Å². The van der Waals surface area contributed by atoms with Gasteiger partial charge in [0.25, 0.3) is 0 Å². The van der Waals surface area contributed by atoms with Crippen LogP contribution in [0.1, 0.15) is 13.3 Å². The van der Waals surface area contributed by atoms with Crippen molar-refractivity contribution in [3.63, 3.8) is 0 Å². The van der Waals surface area contributed by atoms with Crippen molar-refractivity contribution in [1.29, 1.82) is 0 Å². The van der Waals surface area contributed by atoms with Crippen molar-refractivity contribution in [3.8, 4) is 0 Å². The Morgan fingerprint density at radius 1 is 1.45 bits per heavy atom. The van der Waals surface area contributed by atoms with Gasteiger partial charge in [-0.25, -0.2) is 0 Å². The molecule has 3 N–H and O–H groups in total. The summed E-state index contributed by atoms with van der Waals surface area (Å²) in [5.41, 5.74) is 6.79. The third-order valence-electron chi connectivity index (χ3n) is 3.44. The first-order valence-electron chi connectivity index (χ1n) is 6.75. The van der Waals surface area contributed by atoms with Gasteiger partial charge in [-0.2, -0.15) is 0 Å². The van der Waals surface area contributed by atoms with E-state index >= 15 is 0 Å². The van der Waals surface area contributed by atoms with Crippen LogP contribution >= 0.6 is 11.6 Å². The highest BCUT2D eigenvalue weighted by Crippen LogP contribution is 2.24. The van der Waals surface area contributed by atoms with Crippen molar-refractivity contribution in [2.24, 2.45) is 0 Å². The van der Waals surface area contributed by atoms with Crippen molar-refractivity contribution < 1.29 is 9.53 Å². The molecule has 1 aromatic rings. The molecule has 6 heteroatoms. The molecule has 0 radical (unpaired) electrons. The maximum absolute atomic E-state index is 12.3. The lowest BCUT2D eigenvalue weighted by Gasteiger charge is -2.26. The second kappa shape index (κ2) is 6.92. The number of ether oxygens (including phenoxy) is 1. The van der Waals surface area contributed by atoms with E-state index in [4.69, 9.17) is 22.1 Å². The summed E-state index contributed by atoms with van der Waals surface area (Å²) in [4.78, 5) is 14.4. The van der Waals surface area contributed by atoms with E-state index in [0.717, 1.165) is 26.1 Å². The molecule has 1 heterocycles. The van der Waals surface area contributed by atoms with E-state index in [-0.39, 0.29) is 11.9 Å². The molecular formula is C14H20ClN3O2. The molecule has 0 aromatic heterocycles. The Kier molecular flexibility index (Phi) is 5.23. The minimum Gasteiger partial charge on any atom is -0.399 e. The van der Waals surface area contributed by atoms with E-state index in [1.807, 2.05) is 6.92 Å². The number of carbonyl (C=O) groups excluding carboxylic acids is 1. The summed E-state index contributed by atoms with van der Waals surface area (Å²) in [6, 6.07) is 4.84. The Morgan fingerprint density at radius 2 is 2.25 bits per heavy atom. The molecule has 0 saturated carbocycles. The lowest BCUT2D eigenvalue weighted by Crippen LogP contribution is -2.43. The first kappa shape index (κ1) is 15.1. The van der Waals surface area contributed by atoms with Crippen molar-refractivity contribution >= 4 is 28.9 Å². The van der Waals surface area contributed by atoms with Gasteiger partial charge in [0.05, 0.1) is 23.4 Å². The number of nitrogens with zero attached hydrogens (tertiary/aromatic N) is 1. The summed E-state index contributed by atoms with van der Waals surface area (Å²) < 4.78 is 5.40. The van der Waals surface area contributed by atoms with Gasteiger partial charge < -0.3 is 15.8 Å². The van der Waals surface area contributed by atoms with Gasteiger partial charge in [-0.15, -0.1) is 0 Å². The summed E-state index contributed by atoms with van der Waals surface area (Å²) in [5, 5.41) is 3.29. The average molecular weight is 298 g/mol. The zero-order chi connectivity index (χ0) is 14.5. The highest BCUT2D eigenvalue weighted by molar-refractivity contribution is 6.34. The topological polar surface area (TPSA) is 67.6 Å². The number of carbonyl (C=O) groups is 1. The monoisotopic (exact) mass is 297 g/mol. The molecule has 110 valence electrons. The van der Waals surface area contributed by atoms with Crippen LogP contribution in [0.3, 0.4) is 0 Å². The number of rotatable bonds is 3. The molecule has 1 aromatic carbocycles. The van der Waals surface area contributed by atoms with Crippen LogP contribution in [0, 0.1) is 0 Å². The van der Waals surface area contributed by atoms with Crippen LogP contribution in [0.25, 0.3) is 0 Å². The number of halogens is 1.